The molecule has 0 spiro atoms. The first-order valence-corrected chi connectivity index (χ1v) is 6.43. The van der Waals surface area contributed by atoms with Gasteiger partial charge in [-0.1, -0.05) is 0 Å². The van der Waals surface area contributed by atoms with Gasteiger partial charge in [0.25, 0.3) is 5.91 Å². The van der Waals surface area contributed by atoms with E-state index >= 15 is 0 Å². The minimum absolute atomic E-state index is 0.0624. The van der Waals surface area contributed by atoms with E-state index in [4.69, 9.17) is 11.5 Å². The lowest BCUT2D eigenvalue weighted by Crippen LogP contribution is -2.37. The maximum atomic E-state index is 12.0. The van der Waals surface area contributed by atoms with Crippen LogP contribution in [-0.2, 0) is 0 Å². The number of rotatable bonds is 4. The van der Waals surface area contributed by atoms with Crippen LogP contribution in [0.2, 0.25) is 0 Å². The molecule has 0 aliphatic rings. The van der Waals surface area contributed by atoms with Gasteiger partial charge < -0.3 is 21.8 Å². The molecule has 6 nitrogen and oxygen atoms in total. The number of hydrogen-bond acceptors (Lipinski definition) is 4. The maximum absolute atomic E-state index is 12.0. The molecule has 2 aromatic rings. The van der Waals surface area contributed by atoms with Crippen molar-refractivity contribution in [3.8, 4) is 11.1 Å². The van der Waals surface area contributed by atoms with Crippen LogP contribution < -0.4 is 16.8 Å². The lowest BCUT2D eigenvalue weighted by atomic mass is 10.1. The molecular formula is C14H19N5O. The van der Waals surface area contributed by atoms with Gasteiger partial charge in [-0.15, -0.1) is 0 Å². The Morgan fingerprint density at radius 1 is 1.50 bits per heavy atom. The Morgan fingerprint density at radius 2 is 2.25 bits per heavy atom. The zero-order chi connectivity index (χ0) is 14.7. The molecule has 2 heterocycles. The van der Waals surface area contributed by atoms with Gasteiger partial charge in [-0.2, -0.15) is 0 Å². The Labute approximate surface area is 117 Å². The van der Waals surface area contributed by atoms with E-state index in [1.165, 1.54) is 0 Å². The van der Waals surface area contributed by atoms with Crippen molar-refractivity contribution < 1.29 is 4.79 Å². The highest BCUT2D eigenvalue weighted by Gasteiger charge is 2.12. The van der Waals surface area contributed by atoms with Crippen LogP contribution in [0.25, 0.3) is 11.1 Å². The zero-order valence-corrected chi connectivity index (χ0v) is 11.6. The van der Waals surface area contributed by atoms with Crippen molar-refractivity contribution in [1.29, 1.82) is 0 Å². The van der Waals surface area contributed by atoms with Gasteiger partial charge in [0.1, 0.15) is 11.5 Å². The van der Waals surface area contributed by atoms with Crippen LogP contribution in [0.15, 0.2) is 24.5 Å². The number of aromatic amines is 1. The van der Waals surface area contributed by atoms with Gasteiger partial charge in [0, 0.05) is 30.5 Å². The summed E-state index contributed by atoms with van der Waals surface area (Å²) in [5.74, 6) is 0.281. The number of nitrogen functional groups attached to an aromatic ring is 1. The van der Waals surface area contributed by atoms with Gasteiger partial charge in [0.2, 0.25) is 0 Å². The first-order chi connectivity index (χ1) is 9.51. The van der Waals surface area contributed by atoms with Crippen molar-refractivity contribution in [2.75, 3.05) is 12.3 Å². The summed E-state index contributed by atoms with van der Waals surface area (Å²) in [5, 5.41) is 2.80. The van der Waals surface area contributed by atoms with Gasteiger partial charge in [-0.05, 0) is 37.1 Å². The van der Waals surface area contributed by atoms with E-state index in [0.717, 1.165) is 16.7 Å². The van der Waals surface area contributed by atoms with Crippen LogP contribution in [0.4, 0.5) is 5.82 Å². The van der Waals surface area contributed by atoms with Crippen LogP contribution in [0.1, 0.15) is 23.0 Å². The van der Waals surface area contributed by atoms with E-state index in [9.17, 15) is 4.79 Å². The van der Waals surface area contributed by atoms with Crippen LogP contribution >= 0.6 is 0 Å². The van der Waals surface area contributed by atoms with Crippen LogP contribution in [0.3, 0.4) is 0 Å². The summed E-state index contributed by atoms with van der Waals surface area (Å²) in [6.07, 6.45) is 3.50. The van der Waals surface area contributed by atoms with E-state index in [1.54, 1.807) is 24.5 Å². The molecule has 106 valence electrons. The number of hydrogen-bond donors (Lipinski definition) is 4. The molecule has 0 radical (unpaired) electrons. The first-order valence-electron chi connectivity index (χ1n) is 6.43. The summed E-state index contributed by atoms with van der Waals surface area (Å²) < 4.78 is 0. The highest BCUT2D eigenvalue weighted by molar-refractivity contribution is 5.94. The number of nitrogens with two attached hydrogens (primary N) is 2. The number of carbonyl (C=O) groups excluding carboxylic acids is 1. The van der Waals surface area contributed by atoms with Gasteiger partial charge in [-0.25, -0.2) is 4.98 Å². The largest absolute Gasteiger partial charge is 0.384 e. The summed E-state index contributed by atoms with van der Waals surface area (Å²) >= 11 is 0. The monoisotopic (exact) mass is 273 g/mol. The average molecular weight is 273 g/mol. The molecule has 1 amide bonds. The second-order valence-corrected chi connectivity index (χ2v) is 4.84. The molecule has 0 aliphatic carbocycles. The predicted octanol–water partition coefficient (Wildman–Crippen LogP) is 1.04. The Bertz CT molecular complexity index is 620. The summed E-state index contributed by atoms with van der Waals surface area (Å²) in [5.41, 5.74) is 14.5. The highest BCUT2D eigenvalue weighted by Crippen LogP contribution is 2.25. The molecule has 6 N–H and O–H groups in total. The van der Waals surface area contributed by atoms with E-state index in [0.29, 0.717) is 18.1 Å². The number of amides is 1. The van der Waals surface area contributed by atoms with Crippen molar-refractivity contribution in [3.05, 3.63) is 35.8 Å². The molecule has 1 unspecified atom stereocenters. The SMILES string of the molecule is Cc1cnc(N)cc1-c1c[nH]c(C(=O)NC(C)CN)c1. The standard InChI is InChI=1S/C14H19N5O/c1-8-6-18-13(16)4-11(8)10-3-12(17-7-10)14(20)19-9(2)5-15/h3-4,6-7,9,17H,5,15H2,1-2H3,(H2,16,18)(H,19,20). The number of anilines is 1. The maximum Gasteiger partial charge on any atom is 0.267 e. The molecule has 6 heteroatoms. The molecule has 0 fully saturated rings. The zero-order valence-electron chi connectivity index (χ0n) is 11.6. The van der Waals surface area contributed by atoms with Gasteiger partial charge in [0.15, 0.2) is 0 Å². The van der Waals surface area contributed by atoms with Crippen LogP contribution in [0, 0.1) is 6.92 Å². The number of aryl methyl sites for hydroxylation is 1. The molecule has 2 rings (SSSR count). The summed E-state index contributed by atoms with van der Waals surface area (Å²) in [6, 6.07) is 3.52. The van der Waals surface area contributed by atoms with Crippen LogP contribution in [-0.4, -0.2) is 28.5 Å². The number of nitrogens with zero attached hydrogens (tertiary/aromatic N) is 1. The molecule has 1 atom stereocenters. The molecule has 20 heavy (non-hydrogen) atoms. The van der Waals surface area contributed by atoms with Crippen molar-refractivity contribution in [2.24, 2.45) is 5.73 Å². The minimum atomic E-state index is -0.172. The third kappa shape index (κ3) is 2.97. The van der Waals surface area contributed by atoms with Crippen molar-refractivity contribution >= 4 is 11.7 Å². The van der Waals surface area contributed by atoms with E-state index in [2.05, 4.69) is 15.3 Å². The quantitative estimate of drug-likeness (QED) is 0.667. The molecule has 0 aliphatic heterocycles. The summed E-state index contributed by atoms with van der Waals surface area (Å²) in [7, 11) is 0. The number of pyridine rings is 1. The van der Waals surface area contributed by atoms with E-state index < -0.39 is 0 Å². The van der Waals surface area contributed by atoms with Crippen molar-refractivity contribution in [2.45, 2.75) is 19.9 Å². The molecule has 0 bridgehead atoms. The third-order valence-electron chi connectivity index (χ3n) is 3.09. The van der Waals surface area contributed by atoms with Crippen molar-refractivity contribution in [3.63, 3.8) is 0 Å². The highest BCUT2D eigenvalue weighted by atomic mass is 16.1. The summed E-state index contributed by atoms with van der Waals surface area (Å²) in [6.45, 7) is 4.21. The van der Waals surface area contributed by atoms with Gasteiger partial charge in [-0.3, -0.25) is 4.79 Å². The second-order valence-electron chi connectivity index (χ2n) is 4.84. The molecule has 0 aromatic carbocycles. The Balaban J connectivity index is 2.24. The third-order valence-corrected chi connectivity index (χ3v) is 3.09. The molecular weight excluding hydrogens is 254 g/mol. The summed E-state index contributed by atoms with van der Waals surface area (Å²) in [4.78, 5) is 19.0. The molecule has 0 saturated carbocycles. The fourth-order valence-corrected chi connectivity index (χ4v) is 1.89. The molecule has 0 saturated heterocycles. The fraction of sp³-hybridized carbons (Fsp3) is 0.286. The normalized spacial score (nSPS) is 12.2. The first kappa shape index (κ1) is 14.1. The Morgan fingerprint density at radius 3 is 2.95 bits per heavy atom. The Kier molecular flexibility index (Phi) is 4.05. The van der Waals surface area contributed by atoms with E-state index in [1.807, 2.05) is 13.8 Å². The smallest absolute Gasteiger partial charge is 0.267 e. The van der Waals surface area contributed by atoms with Crippen LogP contribution in [0.5, 0.6) is 0 Å². The number of carbonyl (C=O) groups is 1. The minimum Gasteiger partial charge on any atom is -0.384 e. The lowest BCUT2D eigenvalue weighted by Gasteiger charge is -2.09. The topological polar surface area (TPSA) is 110 Å². The number of H-pyrrole nitrogens is 1. The second kappa shape index (κ2) is 5.75. The van der Waals surface area contributed by atoms with E-state index in [-0.39, 0.29) is 11.9 Å². The number of aromatic nitrogens is 2. The Hall–Kier alpha value is -2.34. The number of nitrogens with one attached hydrogen (secondary N) is 2. The molecule has 2 aromatic heterocycles. The average Bonchev–Trinajstić information content (AvgIpc) is 2.91. The predicted molar refractivity (Wildman–Crippen MR) is 79.2 cm³/mol. The van der Waals surface area contributed by atoms with Gasteiger partial charge in [0.05, 0.1) is 0 Å². The lowest BCUT2D eigenvalue weighted by molar-refractivity contribution is 0.0937. The van der Waals surface area contributed by atoms with Crippen molar-refractivity contribution in [1.82, 2.24) is 15.3 Å². The fourth-order valence-electron chi connectivity index (χ4n) is 1.89. The van der Waals surface area contributed by atoms with Gasteiger partial charge >= 0.3 is 0 Å².